The molecule has 0 fully saturated rings. The van der Waals surface area contributed by atoms with E-state index in [4.69, 9.17) is 10.2 Å². The second kappa shape index (κ2) is 4.57. The van der Waals surface area contributed by atoms with Gasteiger partial charge >= 0.3 is 0 Å². The van der Waals surface area contributed by atoms with Gasteiger partial charge in [0.15, 0.2) is 10.6 Å². The summed E-state index contributed by atoms with van der Waals surface area (Å²) >= 11 is 1.27. The maximum Gasteiger partial charge on any atom is 0.194 e. The molecule has 2 aromatic carbocycles. The average Bonchev–Trinajstić information content (AvgIpc) is 2.87. The van der Waals surface area contributed by atoms with Crippen LogP contribution < -0.4 is 11.2 Å². The fourth-order valence-electron chi connectivity index (χ4n) is 2.42. The Morgan fingerprint density at radius 1 is 1.14 bits per heavy atom. The second-order valence-electron chi connectivity index (χ2n) is 4.86. The third-order valence-corrected chi connectivity index (χ3v) is 4.33. The van der Waals surface area contributed by atoms with Gasteiger partial charge < -0.3 is 15.3 Å². The summed E-state index contributed by atoms with van der Waals surface area (Å²) in [5.74, 6) is 0.614. The Morgan fingerprint density at radius 3 is 2.68 bits per heavy atom. The summed E-state index contributed by atoms with van der Waals surface area (Å²) in [5, 5.41) is 10.3. The lowest BCUT2D eigenvalue weighted by Gasteiger charge is -2.03. The molecule has 0 amide bonds. The minimum Gasteiger partial charge on any atom is -0.508 e. The van der Waals surface area contributed by atoms with Crippen LogP contribution in [0.1, 0.15) is 0 Å². The van der Waals surface area contributed by atoms with Crippen LogP contribution in [-0.4, -0.2) is 10.1 Å². The number of anilines is 1. The number of phenols is 1. The van der Waals surface area contributed by atoms with Gasteiger partial charge in [-0.3, -0.25) is 4.79 Å². The largest absolute Gasteiger partial charge is 0.508 e. The number of thiazole rings is 1. The molecule has 0 saturated carbocycles. The highest BCUT2D eigenvalue weighted by Gasteiger charge is 2.13. The first kappa shape index (κ1) is 12.8. The number of nitrogen functional groups attached to an aromatic ring is 1. The van der Waals surface area contributed by atoms with Crippen molar-refractivity contribution in [3.63, 3.8) is 0 Å². The van der Waals surface area contributed by atoms with Crippen molar-refractivity contribution in [1.29, 1.82) is 0 Å². The SMILES string of the molecule is Nc1nc2ccc3oc(-c4ccc(O)cc4)cc(=O)c3c2s1. The van der Waals surface area contributed by atoms with Gasteiger partial charge in [0.2, 0.25) is 0 Å². The Kier molecular flexibility index (Phi) is 2.67. The van der Waals surface area contributed by atoms with Crippen molar-refractivity contribution in [1.82, 2.24) is 4.98 Å². The molecular formula is C16H10N2O3S. The predicted molar refractivity (Wildman–Crippen MR) is 87.2 cm³/mol. The van der Waals surface area contributed by atoms with Crippen molar-refractivity contribution in [2.24, 2.45) is 0 Å². The standard InChI is InChI=1S/C16H10N2O3S/c17-16-18-10-5-6-12-14(15(10)22-16)11(20)7-13(21-12)8-1-3-9(19)4-2-8/h1-7,19H,(H2,17,18). The number of phenolic OH excluding ortho intramolecular Hbond substituents is 1. The van der Waals surface area contributed by atoms with E-state index in [1.807, 2.05) is 0 Å². The Balaban J connectivity index is 2.03. The zero-order chi connectivity index (χ0) is 15.3. The zero-order valence-electron chi connectivity index (χ0n) is 11.2. The molecule has 4 rings (SSSR count). The van der Waals surface area contributed by atoms with E-state index in [2.05, 4.69) is 4.98 Å². The smallest absolute Gasteiger partial charge is 0.194 e. The monoisotopic (exact) mass is 310 g/mol. The maximum absolute atomic E-state index is 12.5. The van der Waals surface area contributed by atoms with E-state index in [0.717, 1.165) is 10.3 Å². The van der Waals surface area contributed by atoms with Crippen LogP contribution in [0.4, 0.5) is 5.13 Å². The van der Waals surface area contributed by atoms with Crippen LogP contribution in [-0.2, 0) is 0 Å². The molecule has 0 bridgehead atoms. The molecule has 0 atom stereocenters. The molecule has 6 heteroatoms. The third kappa shape index (κ3) is 1.93. The number of benzene rings is 2. The minimum atomic E-state index is -0.140. The van der Waals surface area contributed by atoms with Crippen molar-refractivity contribution in [3.8, 4) is 17.1 Å². The number of hydrogen-bond acceptors (Lipinski definition) is 6. The first-order valence-corrected chi connectivity index (χ1v) is 7.36. The van der Waals surface area contributed by atoms with Crippen molar-refractivity contribution in [3.05, 3.63) is 52.7 Å². The Bertz CT molecular complexity index is 1060. The molecule has 0 radical (unpaired) electrons. The number of aromatic hydroxyl groups is 1. The number of aromatic nitrogens is 1. The van der Waals surface area contributed by atoms with Gasteiger partial charge in [-0.15, -0.1) is 0 Å². The van der Waals surface area contributed by atoms with Crippen LogP contribution in [0, 0.1) is 0 Å². The number of hydrogen-bond donors (Lipinski definition) is 2. The maximum atomic E-state index is 12.5. The number of fused-ring (bicyclic) bond motifs is 3. The van der Waals surface area contributed by atoms with Crippen LogP contribution in [0.15, 0.2) is 51.7 Å². The Labute approximate surface area is 128 Å². The summed E-state index contributed by atoms with van der Waals surface area (Å²) < 4.78 is 6.58. The molecule has 22 heavy (non-hydrogen) atoms. The van der Waals surface area contributed by atoms with Gasteiger partial charge in [-0.25, -0.2) is 4.98 Å². The van der Waals surface area contributed by atoms with Crippen molar-refractivity contribution in [2.75, 3.05) is 5.73 Å². The van der Waals surface area contributed by atoms with Crippen LogP contribution in [0.25, 0.3) is 32.5 Å². The van der Waals surface area contributed by atoms with Crippen LogP contribution in [0.5, 0.6) is 5.75 Å². The predicted octanol–water partition coefficient (Wildman–Crippen LogP) is 3.36. The Hall–Kier alpha value is -2.86. The van der Waals surface area contributed by atoms with Crippen LogP contribution in [0.3, 0.4) is 0 Å². The van der Waals surface area contributed by atoms with E-state index in [0.29, 0.717) is 27.4 Å². The highest BCUT2D eigenvalue weighted by atomic mass is 32.1. The molecule has 0 aliphatic heterocycles. The van der Waals surface area contributed by atoms with Crippen molar-refractivity contribution in [2.45, 2.75) is 0 Å². The first-order valence-electron chi connectivity index (χ1n) is 6.54. The van der Waals surface area contributed by atoms with Crippen LogP contribution >= 0.6 is 11.3 Å². The van der Waals surface area contributed by atoms with Gasteiger partial charge in [-0.1, -0.05) is 11.3 Å². The third-order valence-electron chi connectivity index (χ3n) is 3.42. The lowest BCUT2D eigenvalue weighted by Crippen LogP contribution is -2.00. The quantitative estimate of drug-likeness (QED) is 0.562. The van der Waals surface area contributed by atoms with E-state index in [1.54, 1.807) is 36.4 Å². The average molecular weight is 310 g/mol. The number of nitrogens with zero attached hydrogens (tertiary/aromatic N) is 1. The van der Waals surface area contributed by atoms with E-state index >= 15 is 0 Å². The van der Waals surface area contributed by atoms with Gasteiger partial charge in [-0.2, -0.15) is 0 Å². The van der Waals surface area contributed by atoms with E-state index in [9.17, 15) is 9.90 Å². The molecular weight excluding hydrogens is 300 g/mol. The van der Waals surface area contributed by atoms with Crippen molar-refractivity contribution >= 4 is 37.7 Å². The van der Waals surface area contributed by atoms with E-state index < -0.39 is 0 Å². The molecule has 108 valence electrons. The van der Waals surface area contributed by atoms with E-state index in [1.165, 1.54) is 17.4 Å². The second-order valence-corrected chi connectivity index (χ2v) is 5.89. The summed E-state index contributed by atoms with van der Waals surface area (Å²) in [7, 11) is 0. The molecule has 0 aliphatic carbocycles. The highest BCUT2D eigenvalue weighted by Crippen LogP contribution is 2.31. The van der Waals surface area contributed by atoms with Gasteiger partial charge in [0.25, 0.3) is 0 Å². The zero-order valence-corrected chi connectivity index (χ0v) is 12.1. The van der Waals surface area contributed by atoms with Crippen LogP contribution in [0.2, 0.25) is 0 Å². The summed E-state index contributed by atoms with van der Waals surface area (Å²) in [4.78, 5) is 16.7. The normalized spacial score (nSPS) is 11.3. The molecule has 0 aliphatic rings. The number of rotatable bonds is 1. The molecule has 3 N–H and O–H groups in total. The van der Waals surface area contributed by atoms with Gasteiger partial charge in [0.1, 0.15) is 17.1 Å². The van der Waals surface area contributed by atoms with Gasteiger partial charge in [0.05, 0.1) is 15.6 Å². The summed E-state index contributed by atoms with van der Waals surface area (Å²) in [6.45, 7) is 0. The lowest BCUT2D eigenvalue weighted by molar-refractivity contribution is 0.475. The number of nitrogens with two attached hydrogens (primary N) is 1. The summed E-state index contributed by atoms with van der Waals surface area (Å²) in [6, 6.07) is 11.4. The van der Waals surface area contributed by atoms with Crippen molar-refractivity contribution < 1.29 is 9.52 Å². The molecule has 2 aromatic heterocycles. The lowest BCUT2D eigenvalue weighted by atomic mass is 10.1. The van der Waals surface area contributed by atoms with E-state index in [-0.39, 0.29) is 11.2 Å². The molecule has 4 aromatic rings. The molecule has 0 spiro atoms. The minimum absolute atomic E-state index is 0.140. The Morgan fingerprint density at radius 2 is 1.91 bits per heavy atom. The molecule has 5 nitrogen and oxygen atoms in total. The summed E-state index contributed by atoms with van der Waals surface area (Å²) in [5.41, 5.74) is 7.49. The molecule has 2 heterocycles. The fourth-order valence-corrected chi connectivity index (χ4v) is 3.29. The van der Waals surface area contributed by atoms with Gasteiger partial charge in [0, 0.05) is 11.6 Å². The highest BCUT2D eigenvalue weighted by molar-refractivity contribution is 7.22. The topological polar surface area (TPSA) is 89.3 Å². The van der Waals surface area contributed by atoms with Gasteiger partial charge in [-0.05, 0) is 36.4 Å². The summed E-state index contributed by atoms with van der Waals surface area (Å²) in [6.07, 6.45) is 0. The first-order chi connectivity index (χ1) is 10.6. The fraction of sp³-hybridized carbons (Fsp3) is 0. The molecule has 0 saturated heterocycles. The molecule has 0 unspecified atom stereocenters.